The van der Waals surface area contributed by atoms with Crippen molar-refractivity contribution in [3.8, 4) is 0 Å². The summed E-state index contributed by atoms with van der Waals surface area (Å²) in [7, 11) is 0. The van der Waals surface area contributed by atoms with Crippen molar-refractivity contribution < 1.29 is 14.3 Å². The van der Waals surface area contributed by atoms with Crippen LogP contribution in [0.5, 0.6) is 0 Å². The highest BCUT2D eigenvalue weighted by atomic mass is 19.1. The van der Waals surface area contributed by atoms with Gasteiger partial charge in [-0.05, 0) is 38.0 Å². The van der Waals surface area contributed by atoms with Gasteiger partial charge in [0.15, 0.2) is 0 Å². The predicted octanol–water partition coefficient (Wildman–Crippen LogP) is 1.26. The Morgan fingerprint density at radius 2 is 2.20 bits per heavy atom. The van der Waals surface area contributed by atoms with Crippen molar-refractivity contribution in [2.24, 2.45) is 0 Å². The lowest BCUT2D eigenvalue weighted by molar-refractivity contribution is -0.122. The molecule has 1 unspecified atom stereocenters. The topological polar surface area (TPSA) is 83.3 Å². The first kappa shape index (κ1) is 17.3. The van der Waals surface area contributed by atoms with Gasteiger partial charge in [-0.3, -0.25) is 4.79 Å². The highest BCUT2D eigenvalue weighted by Crippen LogP contribution is 2.20. The van der Waals surface area contributed by atoms with E-state index >= 15 is 0 Å². The molecule has 2 N–H and O–H groups in total. The Labute approximate surface area is 145 Å². The van der Waals surface area contributed by atoms with Gasteiger partial charge in [0, 0.05) is 24.8 Å². The van der Waals surface area contributed by atoms with Crippen LogP contribution in [0.3, 0.4) is 0 Å². The molecular formula is C17H22FN5O2. The second kappa shape index (κ2) is 7.60. The van der Waals surface area contributed by atoms with Crippen molar-refractivity contribution >= 4 is 11.6 Å². The Bertz CT molecular complexity index is 725. The summed E-state index contributed by atoms with van der Waals surface area (Å²) in [4.78, 5) is 14.3. The smallest absolute Gasteiger partial charge is 0.242 e. The number of nitrogens with zero attached hydrogens (tertiary/aromatic N) is 4. The van der Waals surface area contributed by atoms with E-state index in [2.05, 4.69) is 20.5 Å². The summed E-state index contributed by atoms with van der Waals surface area (Å²) in [6.07, 6.45) is 2.47. The molecule has 0 spiro atoms. The molecule has 1 amide bonds. The summed E-state index contributed by atoms with van der Waals surface area (Å²) in [6.45, 7) is 3.21. The maximum atomic E-state index is 13.3. The monoisotopic (exact) mass is 347 g/mol. The number of nitrogens with one attached hydrogen (secondary N) is 1. The van der Waals surface area contributed by atoms with Crippen molar-refractivity contribution in [3.63, 3.8) is 0 Å². The highest BCUT2D eigenvalue weighted by Gasteiger charge is 2.21. The molecule has 1 aliphatic rings. The number of piperidine rings is 1. The van der Waals surface area contributed by atoms with Crippen LogP contribution in [-0.2, 0) is 11.3 Å². The van der Waals surface area contributed by atoms with Gasteiger partial charge in [-0.1, -0.05) is 11.3 Å². The molecule has 134 valence electrons. The van der Waals surface area contributed by atoms with E-state index in [1.165, 1.54) is 16.8 Å². The van der Waals surface area contributed by atoms with Crippen LogP contribution in [0, 0.1) is 5.82 Å². The van der Waals surface area contributed by atoms with Gasteiger partial charge in [0.05, 0.1) is 12.3 Å². The predicted molar refractivity (Wildman–Crippen MR) is 90.4 cm³/mol. The van der Waals surface area contributed by atoms with Crippen LogP contribution in [-0.4, -0.2) is 45.1 Å². The zero-order valence-electron chi connectivity index (χ0n) is 14.1. The molecule has 1 atom stereocenters. The largest absolute Gasteiger partial charge is 0.387 e. The number of amides is 1. The summed E-state index contributed by atoms with van der Waals surface area (Å²) < 4.78 is 14.7. The number of aliphatic hydroxyl groups is 1. The molecule has 1 aliphatic heterocycles. The fraction of sp³-hybridized carbons (Fsp3) is 0.471. The quantitative estimate of drug-likeness (QED) is 0.851. The summed E-state index contributed by atoms with van der Waals surface area (Å²) in [6, 6.07) is 6.66. The molecule has 0 bridgehead atoms. The van der Waals surface area contributed by atoms with Crippen LogP contribution in [0.15, 0.2) is 30.5 Å². The van der Waals surface area contributed by atoms with Gasteiger partial charge in [0.2, 0.25) is 5.91 Å². The van der Waals surface area contributed by atoms with Gasteiger partial charge in [-0.2, -0.15) is 0 Å². The molecule has 3 rings (SSSR count). The lowest BCUT2D eigenvalue weighted by Crippen LogP contribution is -2.45. The van der Waals surface area contributed by atoms with Crippen LogP contribution < -0.4 is 10.2 Å². The molecule has 1 aromatic carbocycles. The Balaban J connectivity index is 1.47. The Morgan fingerprint density at radius 3 is 2.84 bits per heavy atom. The number of hydrogen-bond donors (Lipinski definition) is 2. The van der Waals surface area contributed by atoms with Gasteiger partial charge in [0.1, 0.15) is 18.1 Å². The maximum Gasteiger partial charge on any atom is 0.242 e. The fourth-order valence-corrected chi connectivity index (χ4v) is 2.96. The van der Waals surface area contributed by atoms with E-state index in [4.69, 9.17) is 0 Å². The molecular weight excluding hydrogens is 325 g/mol. The van der Waals surface area contributed by atoms with Crippen LogP contribution in [0.25, 0.3) is 0 Å². The molecule has 0 aliphatic carbocycles. The average molecular weight is 347 g/mol. The van der Waals surface area contributed by atoms with Crippen LogP contribution in [0.2, 0.25) is 0 Å². The standard InChI is InChI=1S/C17H22FN5O2/c1-12(24)16-10-23(21-20-16)11-17(25)19-14-5-7-22(8-6-14)15-4-2-3-13(18)9-15/h2-4,9-10,12,14,24H,5-8,11H2,1H3,(H,19,25). The number of aliphatic hydroxyl groups excluding tert-OH is 1. The number of rotatable bonds is 5. The van der Waals surface area contributed by atoms with E-state index in [0.717, 1.165) is 31.6 Å². The molecule has 2 aromatic rings. The van der Waals surface area contributed by atoms with Crippen molar-refractivity contribution in [2.45, 2.75) is 38.5 Å². The van der Waals surface area contributed by atoms with Crippen LogP contribution >= 0.6 is 0 Å². The van der Waals surface area contributed by atoms with E-state index in [0.29, 0.717) is 5.69 Å². The SMILES string of the molecule is CC(O)c1cn(CC(=O)NC2CCN(c3cccc(F)c3)CC2)nn1. The average Bonchev–Trinajstić information content (AvgIpc) is 3.04. The number of carbonyl (C=O) groups excluding carboxylic acids is 1. The van der Waals surface area contributed by atoms with Crippen LogP contribution in [0.4, 0.5) is 10.1 Å². The number of halogens is 1. The van der Waals surface area contributed by atoms with Crippen molar-refractivity contribution in [1.29, 1.82) is 0 Å². The number of carbonyl (C=O) groups is 1. The normalized spacial score (nSPS) is 16.7. The second-order valence-electron chi connectivity index (χ2n) is 6.33. The highest BCUT2D eigenvalue weighted by molar-refractivity contribution is 5.76. The number of aromatic nitrogens is 3. The zero-order chi connectivity index (χ0) is 17.8. The number of anilines is 1. The van der Waals surface area contributed by atoms with E-state index < -0.39 is 6.10 Å². The Hall–Kier alpha value is -2.48. The third-order valence-corrected chi connectivity index (χ3v) is 4.32. The number of benzene rings is 1. The maximum absolute atomic E-state index is 13.3. The summed E-state index contributed by atoms with van der Waals surface area (Å²) in [5.41, 5.74) is 1.31. The van der Waals surface area contributed by atoms with E-state index in [9.17, 15) is 14.3 Å². The summed E-state index contributed by atoms with van der Waals surface area (Å²) >= 11 is 0. The van der Waals surface area contributed by atoms with Crippen LogP contribution in [0.1, 0.15) is 31.6 Å². The number of hydrogen-bond acceptors (Lipinski definition) is 5. The summed E-state index contributed by atoms with van der Waals surface area (Å²) in [5.74, 6) is -0.372. The molecule has 1 saturated heterocycles. The van der Waals surface area contributed by atoms with Gasteiger partial charge < -0.3 is 15.3 Å². The molecule has 25 heavy (non-hydrogen) atoms. The van der Waals surface area contributed by atoms with Gasteiger partial charge in [-0.25, -0.2) is 9.07 Å². The molecule has 8 heteroatoms. The minimum absolute atomic E-state index is 0.0732. The van der Waals surface area contributed by atoms with Gasteiger partial charge in [0.25, 0.3) is 0 Å². The molecule has 1 fully saturated rings. The molecule has 1 aromatic heterocycles. The minimum Gasteiger partial charge on any atom is -0.387 e. The fourth-order valence-electron chi connectivity index (χ4n) is 2.96. The molecule has 0 saturated carbocycles. The van der Waals surface area contributed by atoms with E-state index in [1.54, 1.807) is 19.2 Å². The second-order valence-corrected chi connectivity index (χ2v) is 6.33. The minimum atomic E-state index is -0.705. The van der Waals surface area contributed by atoms with Crippen molar-refractivity contribution in [3.05, 3.63) is 42.0 Å². The zero-order valence-corrected chi connectivity index (χ0v) is 14.1. The van der Waals surface area contributed by atoms with Crippen molar-refractivity contribution in [1.82, 2.24) is 20.3 Å². The Morgan fingerprint density at radius 1 is 1.44 bits per heavy atom. The van der Waals surface area contributed by atoms with E-state index in [1.807, 2.05) is 6.07 Å². The van der Waals surface area contributed by atoms with Gasteiger partial charge >= 0.3 is 0 Å². The molecule has 0 radical (unpaired) electrons. The van der Waals surface area contributed by atoms with Crippen molar-refractivity contribution in [2.75, 3.05) is 18.0 Å². The lowest BCUT2D eigenvalue weighted by Gasteiger charge is -2.34. The lowest BCUT2D eigenvalue weighted by atomic mass is 10.0. The third kappa shape index (κ3) is 4.54. The molecule has 2 heterocycles. The molecule has 7 nitrogen and oxygen atoms in total. The van der Waals surface area contributed by atoms with Gasteiger partial charge in [-0.15, -0.1) is 5.10 Å². The third-order valence-electron chi connectivity index (χ3n) is 4.32. The van der Waals surface area contributed by atoms with E-state index in [-0.39, 0.29) is 24.3 Å². The Kier molecular flexibility index (Phi) is 5.28. The summed E-state index contributed by atoms with van der Waals surface area (Å²) in [5, 5.41) is 20.1. The first-order chi connectivity index (χ1) is 12.0. The first-order valence-corrected chi connectivity index (χ1v) is 8.39. The first-order valence-electron chi connectivity index (χ1n) is 8.39.